The molecule has 0 aliphatic carbocycles. The van der Waals surface area contributed by atoms with E-state index in [0.29, 0.717) is 35.2 Å². The lowest BCUT2D eigenvalue weighted by Gasteiger charge is -2.48. The molecular weight excluding hydrogens is 559 g/mol. The Morgan fingerprint density at radius 1 is 1.00 bits per heavy atom. The van der Waals surface area contributed by atoms with Crippen molar-refractivity contribution in [3.8, 4) is 0 Å². The third-order valence-electron chi connectivity index (χ3n) is 6.74. The number of nitrogens with two attached hydrogens (primary N) is 1. The first-order valence-electron chi connectivity index (χ1n) is 12.4. The van der Waals surface area contributed by atoms with Gasteiger partial charge in [0.25, 0.3) is 5.91 Å². The Bertz CT molecular complexity index is 1400. The Morgan fingerprint density at radius 3 is 2.00 bits per heavy atom. The zero-order chi connectivity index (χ0) is 28.3. The highest BCUT2D eigenvalue weighted by atomic mass is 35.5. The van der Waals surface area contributed by atoms with Gasteiger partial charge in [-0.05, 0) is 60.0 Å². The molecule has 0 bridgehead atoms. The van der Waals surface area contributed by atoms with Crippen molar-refractivity contribution in [1.29, 1.82) is 0 Å². The second kappa shape index (κ2) is 12.0. The van der Waals surface area contributed by atoms with Crippen LogP contribution in [0.1, 0.15) is 40.9 Å². The quantitative estimate of drug-likeness (QED) is 0.368. The largest absolute Gasteiger partial charge is 0.368 e. The number of hydrogen-bond acceptors (Lipinski definition) is 5. The Hall–Kier alpha value is -3.11. The van der Waals surface area contributed by atoms with Crippen molar-refractivity contribution in [3.63, 3.8) is 0 Å². The minimum Gasteiger partial charge on any atom is -0.368 e. The lowest BCUT2D eigenvalue weighted by atomic mass is 9.93. The van der Waals surface area contributed by atoms with Crippen LogP contribution >= 0.6 is 23.2 Å². The van der Waals surface area contributed by atoms with Gasteiger partial charge in [0.15, 0.2) is 0 Å². The summed E-state index contributed by atoms with van der Waals surface area (Å²) in [7, 11) is -3.69. The zero-order valence-electron chi connectivity index (χ0n) is 21.6. The number of likely N-dealkylation sites (tertiary alicyclic amines) is 1. The van der Waals surface area contributed by atoms with Crippen LogP contribution in [0.4, 0.5) is 5.69 Å². The molecule has 3 N–H and O–H groups in total. The second-order valence-electron chi connectivity index (χ2n) is 9.56. The van der Waals surface area contributed by atoms with Gasteiger partial charge in [-0.2, -0.15) is 0 Å². The standard InChI is InChI=1S/C28H30Cl2N4O4S/c1-3-25(27(31)35)32-28(36)20-5-4-6-23(15-20)34(39(2,37)38)24-16-33(17-24)26(18-7-11-21(29)12-8-18)19-9-13-22(30)14-10-19/h4-15,24-26H,3,16-17H2,1-2H3,(H2,31,35)(H,32,36). The van der Waals surface area contributed by atoms with E-state index in [-0.39, 0.29) is 17.6 Å². The SMILES string of the molecule is CCC(NC(=O)c1cccc(N(C2CN(C(c3ccc(Cl)cc3)c3ccc(Cl)cc3)C2)S(C)(=O)=O)c1)C(N)=O. The molecule has 3 aromatic carbocycles. The molecule has 0 spiro atoms. The molecule has 2 amide bonds. The average Bonchev–Trinajstić information content (AvgIpc) is 2.86. The lowest BCUT2D eigenvalue weighted by Crippen LogP contribution is -2.61. The number of rotatable bonds is 10. The highest BCUT2D eigenvalue weighted by Gasteiger charge is 2.40. The van der Waals surface area contributed by atoms with E-state index in [9.17, 15) is 18.0 Å². The molecule has 1 aliphatic rings. The molecule has 11 heteroatoms. The summed E-state index contributed by atoms with van der Waals surface area (Å²) in [5.74, 6) is -1.14. The van der Waals surface area contributed by atoms with E-state index in [0.717, 1.165) is 17.4 Å². The van der Waals surface area contributed by atoms with Crippen molar-refractivity contribution in [2.75, 3.05) is 23.7 Å². The van der Waals surface area contributed by atoms with Gasteiger partial charge in [-0.25, -0.2) is 8.42 Å². The molecule has 1 saturated heterocycles. The van der Waals surface area contributed by atoms with Crippen LogP contribution < -0.4 is 15.4 Å². The number of carbonyl (C=O) groups excluding carboxylic acids is 2. The van der Waals surface area contributed by atoms with Crippen molar-refractivity contribution in [1.82, 2.24) is 10.2 Å². The summed E-state index contributed by atoms with van der Waals surface area (Å²) in [5, 5.41) is 3.86. The van der Waals surface area contributed by atoms with Crippen LogP contribution in [0.15, 0.2) is 72.8 Å². The predicted molar refractivity (Wildman–Crippen MR) is 155 cm³/mol. The molecule has 206 valence electrons. The van der Waals surface area contributed by atoms with Crippen LogP contribution in [0.5, 0.6) is 0 Å². The van der Waals surface area contributed by atoms with Gasteiger partial charge in [0.2, 0.25) is 15.9 Å². The summed E-state index contributed by atoms with van der Waals surface area (Å²) in [5.41, 5.74) is 7.99. The molecular formula is C28H30Cl2N4O4S. The summed E-state index contributed by atoms with van der Waals surface area (Å²) in [6.45, 7) is 2.65. The number of amides is 2. The number of benzene rings is 3. The van der Waals surface area contributed by atoms with E-state index in [2.05, 4.69) is 10.2 Å². The highest BCUT2D eigenvalue weighted by molar-refractivity contribution is 7.92. The van der Waals surface area contributed by atoms with Crippen LogP contribution in [0.3, 0.4) is 0 Å². The molecule has 0 radical (unpaired) electrons. The molecule has 4 rings (SSSR count). The van der Waals surface area contributed by atoms with E-state index < -0.39 is 27.9 Å². The number of carbonyl (C=O) groups is 2. The minimum atomic E-state index is -3.69. The van der Waals surface area contributed by atoms with Crippen molar-refractivity contribution < 1.29 is 18.0 Å². The van der Waals surface area contributed by atoms with Gasteiger partial charge < -0.3 is 11.1 Å². The predicted octanol–water partition coefficient (Wildman–Crippen LogP) is 4.23. The van der Waals surface area contributed by atoms with Gasteiger partial charge >= 0.3 is 0 Å². The first-order valence-corrected chi connectivity index (χ1v) is 15.0. The molecule has 1 atom stereocenters. The van der Waals surface area contributed by atoms with E-state index >= 15 is 0 Å². The lowest BCUT2D eigenvalue weighted by molar-refractivity contribution is -0.119. The van der Waals surface area contributed by atoms with Crippen molar-refractivity contribution in [2.45, 2.75) is 31.5 Å². The Balaban J connectivity index is 1.59. The van der Waals surface area contributed by atoms with Crippen molar-refractivity contribution >= 4 is 50.7 Å². The van der Waals surface area contributed by atoms with E-state index in [1.54, 1.807) is 25.1 Å². The second-order valence-corrected chi connectivity index (χ2v) is 12.3. The Labute approximate surface area is 238 Å². The van der Waals surface area contributed by atoms with Gasteiger partial charge in [0, 0.05) is 28.7 Å². The third kappa shape index (κ3) is 6.73. The normalized spacial score (nSPS) is 15.0. The smallest absolute Gasteiger partial charge is 0.252 e. The first kappa shape index (κ1) is 28.9. The fraction of sp³-hybridized carbons (Fsp3) is 0.286. The molecule has 39 heavy (non-hydrogen) atoms. The first-order chi connectivity index (χ1) is 18.5. The molecule has 1 unspecified atom stereocenters. The van der Waals surface area contributed by atoms with Gasteiger partial charge in [0.1, 0.15) is 6.04 Å². The van der Waals surface area contributed by atoms with Crippen LogP contribution in [-0.4, -0.2) is 56.6 Å². The number of nitrogens with one attached hydrogen (secondary N) is 1. The number of sulfonamides is 1. The van der Waals surface area contributed by atoms with Crippen LogP contribution in [0, 0.1) is 0 Å². The zero-order valence-corrected chi connectivity index (χ0v) is 23.9. The maximum absolute atomic E-state index is 13.0. The van der Waals surface area contributed by atoms with E-state index in [4.69, 9.17) is 28.9 Å². The fourth-order valence-electron chi connectivity index (χ4n) is 4.82. The molecule has 0 saturated carbocycles. The summed E-state index contributed by atoms with van der Waals surface area (Å²) in [6.07, 6.45) is 1.50. The Kier molecular flexibility index (Phi) is 8.86. The van der Waals surface area contributed by atoms with E-state index in [1.165, 1.54) is 10.4 Å². The summed E-state index contributed by atoms with van der Waals surface area (Å²) in [6, 6.07) is 20.2. The van der Waals surface area contributed by atoms with Crippen LogP contribution in [0.2, 0.25) is 10.0 Å². The topological polar surface area (TPSA) is 113 Å². The number of halogens is 2. The highest BCUT2D eigenvalue weighted by Crippen LogP contribution is 2.36. The maximum atomic E-state index is 13.0. The number of anilines is 1. The average molecular weight is 590 g/mol. The minimum absolute atomic E-state index is 0.130. The molecule has 3 aromatic rings. The Morgan fingerprint density at radius 2 is 1.54 bits per heavy atom. The summed E-state index contributed by atoms with van der Waals surface area (Å²) < 4.78 is 27.3. The maximum Gasteiger partial charge on any atom is 0.252 e. The van der Waals surface area contributed by atoms with Gasteiger partial charge in [-0.3, -0.25) is 18.8 Å². The monoisotopic (exact) mass is 588 g/mol. The third-order valence-corrected chi connectivity index (χ3v) is 8.46. The van der Waals surface area contributed by atoms with Gasteiger partial charge in [-0.1, -0.05) is 60.5 Å². The molecule has 0 aromatic heterocycles. The van der Waals surface area contributed by atoms with Crippen molar-refractivity contribution in [3.05, 3.63) is 99.5 Å². The van der Waals surface area contributed by atoms with Crippen LogP contribution in [0.25, 0.3) is 0 Å². The number of hydrogen-bond donors (Lipinski definition) is 2. The molecule has 1 heterocycles. The number of primary amides is 1. The van der Waals surface area contributed by atoms with Gasteiger partial charge in [-0.15, -0.1) is 0 Å². The fourth-order valence-corrected chi connectivity index (χ4v) is 6.25. The summed E-state index contributed by atoms with van der Waals surface area (Å²) >= 11 is 12.2. The summed E-state index contributed by atoms with van der Waals surface area (Å²) in [4.78, 5) is 26.5. The van der Waals surface area contributed by atoms with Crippen LogP contribution in [-0.2, 0) is 14.8 Å². The van der Waals surface area contributed by atoms with Gasteiger partial charge in [0.05, 0.1) is 24.0 Å². The molecule has 8 nitrogen and oxygen atoms in total. The van der Waals surface area contributed by atoms with E-state index in [1.807, 2.05) is 48.5 Å². The molecule has 1 fully saturated rings. The number of nitrogens with zero attached hydrogens (tertiary/aromatic N) is 2. The molecule has 1 aliphatic heterocycles. The van der Waals surface area contributed by atoms with Crippen molar-refractivity contribution in [2.24, 2.45) is 5.73 Å².